The summed E-state index contributed by atoms with van der Waals surface area (Å²) in [5.41, 5.74) is 0. The number of esters is 2. The van der Waals surface area contributed by atoms with Gasteiger partial charge < -0.3 is 39.9 Å². The number of rotatable bonds is 38. The number of phosphoric ester groups is 1. The molecule has 334 valence electrons. The third-order valence-corrected chi connectivity index (χ3v) is 9.64. The highest BCUT2D eigenvalue weighted by Crippen LogP contribution is 2.43. The van der Waals surface area contributed by atoms with Crippen molar-refractivity contribution in [3.63, 3.8) is 0 Å². The first-order chi connectivity index (χ1) is 27.9. The Bertz CT molecular complexity index is 1250. The van der Waals surface area contributed by atoms with Gasteiger partial charge in [-0.05, 0) is 57.8 Å². The van der Waals surface area contributed by atoms with E-state index in [0.717, 1.165) is 38.5 Å². The molecule has 0 aliphatic carbocycles. The number of ether oxygens (including phenoxy) is 2. The second-order valence-electron chi connectivity index (χ2n) is 14.2. The Morgan fingerprint density at radius 2 is 1.16 bits per heavy atom. The molecule has 0 aromatic rings. The van der Waals surface area contributed by atoms with Crippen LogP contribution in [0.1, 0.15) is 136 Å². The van der Waals surface area contributed by atoms with Gasteiger partial charge in [0.05, 0.1) is 38.1 Å². The van der Waals surface area contributed by atoms with E-state index in [-0.39, 0.29) is 25.7 Å². The summed E-state index contributed by atoms with van der Waals surface area (Å²) in [4.78, 5) is 35.0. The molecule has 0 aromatic heterocycles. The van der Waals surface area contributed by atoms with Gasteiger partial charge in [-0.25, -0.2) is 4.57 Å². The van der Waals surface area contributed by atoms with Crippen molar-refractivity contribution in [2.45, 2.75) is 166 Å². The SMILES string of the molecule is CCCCCCCC/C=C\CCCCCCCC(=O)OCC(COP(=O)(O)OCC(O)CO)OC(=O)CCCC(O)/C=C/C=C\C=C\C(O)C/C=C\C=C\C(O)CC. The number of allylic oxidation sites excluding steroid dienone is 8. The third-order valence-electron chi connectivity index (χ3n) is 8.69. The topological polar surface area (TPSA) is 210 Å². The molecule has 0 saturated heterocycles. The molecule has 0 spiro atoms. The first-order valence-electron chi connectivity index (χ1n) is 21.2. The summed E-state index contributed by atoms with van der Waals surface area (Å²) in [5.74, 6) is -1.20. The lowest BCUT2D eigenvalue weighted by atomic mass is 10.1. The van der Waals surface area contributed by atoms with E-state index < -0.39 is 76.7 Å². The van der Waals surface area contributed by atoms with E-state index in [1.165, 1.54) is 38.5 Å². The van der Waals surface area contributed by atoms with Crippen molar-refractivity contribution in [2.24, 2.45) is 0 Å². The third kappa shape index (κ3) is 37.6. The van der Waals surface area contributed by atoms with Crippen molar-refractivity contribution in [3.8, 4) is 0 Å². The summed E-state index contributed by atoms with van der Waals surface area (Å²) in [6, 6.07) is 0. The normalized spacial score (nSPS) is 16.2. The van der Waals surface area contributed by atoms with Gasteiger partial charge >= 0.3 is 19.8 Å². The van der Waals surface area contributed by atoms with Gasteiger partial charge in [0.1, 0.15) is 12.7 Å². The van der Waals surface area contributed by atoms with Crippen LogP contribution in [0.4, 0.5) is 0 Å². The van der Waals surface area contributed by atoms with Gasteiger partial charge in [-0.15, -0.1) is 0 Å². The lowest BCUT2D eigenvalue weighted by Gasteiger charge is -2.20. The molecule has 13 nitrogen and oxygen atoms in total. The lowest BCUT2D eigenvalue weighted by Crippen LogP contribution is -2.30. The monoisotopic (exact) mass is 842 g/mol. The molecule has 6 N–H and O–H groups in total. The number of aliphatic hydroxyl groups excluding tert-OH is 5. The Morgan fingerprint density at radius 1 is 0.603 bits per heavy atom. The van der Waals surface area contributed by atoms with Crippen molar-refractivity contribution >= 4 is 19.8 Å². The molecule has 0 aliphatic heterocycles. The quantitative estimate of drug-likeness (QED) is 0.0115. The Labute approximate surface area is 347 Å². The molecule has 14 heteroatoms. The minimum atomic E-state index is -4.70. The minimum Gasteiger partial charge on any atom is -0.462 e. The van der Waals surface area contributed by atoms with E-state index >= 15 is 0 Å². The zero-order valence-electron chi connectivity index (χ0n) is 35.1. The fourth-order valence-corrected chi connectivity index (χ4v) is 5.96. The highest BCUT2D eigenvalue weighted by molar-refractivity contribution is 7.47. The van der Waals surface area contributed by atoms with E-state index in [0.29, 0.717) is 19.3 Å². The summed E-state index contributed by atoms with van der Waals surface area (Å²) in [5, 5.41) is 48.1. The number of aliphatic hydroxyl groups is 5. The second-order valence-corrected chi connectivity index (χ2v) is 15.7. The van der Waals surface area contributed by atoms with Crippen LogP contribution in [-0.2, 0) is 32.7 Å². The number of hydrogen-bond acceptors (Lipinski definition) is 12. The molecule has 0 amide bonds. The predicted molar refractivity (Wildman–Crippen MR) is 228 cm³/mol. The molecular weight excluding hydrogens is 767 g/mol. The van der Waals surface area contributed by atoms with Crippen LogP contribution in [0, 0.1) is 0 Å². The fraction of sp³-hybridized carbons (Fsp3) is 0.682. The van der Waals surface area contributed by atoms with Gasteiger partial charge in [0.25, 0.3) is 0 Å². The molecule has 0 fully saturated rings. The molecule has 0 heterocycles. The number of carbonyl (C=O) groups is 2. The number of unbranched alkanes of at least 4 members (excludes halogenated alkanes) is 11. The molecule has 0 radical (unpaired) electrons. The fourth-order valence-electron chi connectivity index (χ4n) is 5.18. The van der Waals surface area contributed by atoms with E-state index in [2.05, 4.69) is 23.6 Å². The molecule has 0 bridgehead atoms. The summed E-state index contributed by atoms with van der Waals surface area (Å²) in [6.07, 6.45) is 33.0. The van der Waals surface area contributed by atoms with E-state index in [9.17, 15) is 39.5 Å². The summed E-state index contributed by atoms with van der Waals surface area (Å²) in [6.45, 7) is 1.68. The average Bonchev–Trinajstić information content (AvgIpc) is 3.20. The number of hydrogen-bond donors (Lipinski definition) is 6. The zero-order valence-corrected chi connectivity index (χ0v) is 36.0. The van der Waals surface area contributed by atoms with Crippen molar-refractivity contribution < 1.29 is 63.1 Å². The van der Waals surface area contributed by atoms with Gasteiger partial charge in [0.15, 0.2) is 6.10 Å². The average molecular weight is 843 g/mol. The Morgan fingerprint density at radius 3 is 1.79 bits per heavy atom. The van der Waals surface area contributed by atoms with Crippen molar-refractivity contribution in [1.29, 1.82) is 0 Å². The standard InChI is InChI=1S/C44H75O13P/c1-3-5-6-7-8-9-10-11-12-13-14-15-16-17-25-32-43(50)54-36-42(37-56-58(52,53)55-35-41(49)34-45)57-44(51)33-26-31-40(48)29-22-19-18-21-28-39(47)30-24-20-23-27-38(46)4-2/h11-12,18-24,27-29,38-42,45-49H,3-10,13-17,25-26,30-37H2,1-2H3,(H,52,53)/b12-11-,19-18-,24-20-,27-23+,28-21+,29-22+. The van der Waals surface area contributed by atoms with Crippen LogP contribution in [0.5, 0.6) is 0 Å². The van der Waals surface area contributed by atoms with Gasteiger partial charge in [-0.1, -0.05) is 138 Å². The van der Waals surface area contributed by atoms with Crippen molar-refractivity contribution in [3.05, 3.63) is 72.9 Å². The highest BCUT2D eigenvalue weighted by Gasteiger charge is 2.27. The largest absolute Gasteiger partial charge is 0.472 e. The molecule has 58 heavy (non-hydrogen) atoms. The summed E-state index contributed by atoms with van der Waals surface area (Å²) < 4.78 is 32.5. The van der Waals surface area contributed by atoms with Crippen LogP contribution < -0.4 is 0 Å². The molecule has 0 aromatic carbocycles. The molecule has 6 atom stereocenters. The number of carbonyl (C=O) groups excluding carboxylic acids is 2. The molecule has 0 aliphatic rings. The zero-order chi connectivity index (χ0) is 43.1. The van der Waals surface area contributed by atoms with Crippen molar-refractivity contribution in [1.82, 2.24) is 0 Å². The smallest absolute Gasteiger partial charge is 0.462 e. The maximum atomic E-state index is 12.6. The minimum absolute atomic E-state index is 0.0971. The van der Waals surface area contributed by atoms with Gasteiger partial charge in [0.2, 0.25) is 0 Å². The maximum absolute atomic E-state index is 12.6. The van der Waals surface area contributed by atoms with Crippen LogP contribution in [0.15, 0.2) is 72.9 Å². The highest BCUT2D eigenvalue weighted by atomic mass is 31.2. The molecule has 6 unspecified atom stereocenters. The first kappa shape index (κ1) is 55.3. The number of phosphoric acid groups is 1. The van der Waals surface area contributed by atoms with Crippen LogP contribution in [-0.4, -0.2) is 99.3 Å². The van der Waals surface area contributed by atoms with Gasteiger partial charge in [-0.2, -0.15) is 0 Å². The Hall–Kier alpha value is -2.71. The van der Waals surface area contributed by atoms with Crippen molar-refractivity contribution in [2.75, 3.05) is 26.4 Å². The second kappa shape index (κ2) is 38.5. The first-order valence-corrected chi connectivity index (χ1v) is 22.7. The van der Waals surface area contributed by atoms with Gasteiger partial charge in [0, 0.05) is 12.8 Å². The van der Waals surface area contributed by atoms with E-state index in [4.69, 9.17) is 19.1 Å². The Balaban J connectivity index is 4.63. The van der Waals surface area contributed by atoms with Crippen LogP contribution in [0.3, 0.4) is 0 Å². The maximum Gasteiger partial charge on any atom is 0.472 e. The lowest BCUT2D eigenvalue weighted by molar-refractivity contribution is -0.161. The summed E-state index contributed by atoms with van der Waals surface area (Å²) >= 11 is 0. The van der Waals surface area contributed by atoms with E-state index in [1.54, 1.807) is 60.8 Å². The van der Waals surface area contributed by atoms with Crippen LogP contribution >= 0.6 is 7.82 Å². The van der Waals surface area contributed by atoms with Crippen LogP contribution in [0.2, 0.25) is 0 Å². The molecular formula is C44H75O13P. The molecule has 0 saturated carbocycles. The summed E-state index contributed by atoms with van der Waals surface area (Å²) in [7, 11) is -4.70. The molecule has 0 rings (SSSR count). The van der Waals surface area contributed by atoms with Crippen LogP contribution in [0.25, 0.3) is 0 Å². The van der Waals surface area contributed by atoms with Gasteiger partial charge in [-0.3, -0.25) is 18.6 Å². The predicted octanol–water partition coefficient (Wildman–Crippen LogP) is 7.80. The Kier molecular flexibility index (Phi) is 36.7. The van der Waals surface area contributed by atoms with E-state index in [1.807, 2.05) is 6.92 Å².